The zero-order valence-corrected chi connectivity index (χ0v) is 24.0. The summed E-state index contributed by atoms with van der Waals surface area (Å²) >= 11 is 0. The summed E-state index contributed by atoms with van der Waals surface area (Å²) in [5.74, 6) is 0.642. The Morgan fingerprint density at radius 3 is 2.08 bits per heavy atom. The van der Waals surface area contributed by atoms with Crippen molar-refractivity contribution >= 4 is 5.78 Å². The zero-order valence-electron chi connectivity index (χ0n) is 24.0. The molecule has 2 aromatic rings. The first-order valence-electron chi connectivity index (χ1n) is 15.4. The van der Waals surface area contributed by atoms with E-state index in [1.807, 2.05) is 0 Å². The van der Waals surface area contributed by atoms with Crippen LogP contribution in [0.4, 0.5) is 17.6 Å². The Hall–Kier alpha value is -2.37. The number of alkyl halides is 3. The lowest BCUT2D eigenvalue weighted by molar-refractivity contribution is -0.140. The minimum Gasteiger partial charge on any atom is -0.491 e. The van der Waals surface area contributed by atoms with Crippen LogP contribution >= 0.6 is 0 Å². The number of aryl methyl sites for hydroxylation is 1. The van der Waals surface area contributed by atoms with Gasteiger partial charge in [-0.2, -0.15) is 13.2 Å². The van der Waals surface area contributed by atoms with Gasteiger partial charge in [0.25, 0.3) is 0 Å². The molecule has 0 bridgehead atoms. The van der Waals surface area contributed by atoms with Crippen molar-refractivity contribution in [3.63, 3.8) is 0 Å². The van der Waals surface area contributed by atoms with Crippen LogP contribution in [-0.2, 0) is 12.6 Å². The summed E-state index contributed by atoms with van der Waals surface area (Å²) in [6.07, 6.45) is 9.44. The number of carbonyl (C=O) groups is 1. The van der Waals surface area contributed by atoms with Crippen molar-refractivity contribution in [3.8, 4) is 5.75 Å². The van der Waals surface area contributed by atoms with Crippen molar-refractivity contribution in [3.05, 3.63) is 64.5 Å². The minimum absolute atomic E-state index is 0.0293. The third kappa shape index (κ3) is 7.67. The lowest BCUT2D eigenvalue weighted by Crippen LogP contribution is -2.25. The number of ketones is 1. The summed E-state index contributed by atoms with van der Waals surface area (Å²) in [5, 5.41) is 0. The van der Waals surface area contributed by atoms with Gasteiger partial charge < -0.3 is 4.74 Å². The van der Waals surface area contributed by atoms with Gasteiger partial charge in [-0.05, 0) is 105 Å². The molecule has 0 radical (unpaired) electrons. The molecular weight excluding hydrogens is 516 g/mol. The van der Waals surface area contributed by atoms with Crippen molar-refractivity contribution in [1.29, 1.82) is 0 Å². The third-order valence-corrected chi connectivity index (χ3v) is 9.34. The SMILES string of the molecule is CCCC1CCC(C2CCC(c3ccc(CCCC(=O)c4ccc(OCC)c(F)c4C(F)(F)F)cc3)CC2)CC1. The summed E-state index contributed by atoms with van der Waals surface area (Å²) in [7, 11) is 0. The van der Waals surface area contributed by atoms with Crippen LogP contribution in [-0.4, -0.2) is 12.4 Å². The number of carbonyl (C=O) groups excluding carboxylic acids is 1. The van der Waals surface area contributed by atoms with E-state index < -0.39 is 34.7 Å². The largest absolute Gasteiger partial charge is 0.491 e. The summed E-state index contributed by atoms with van der Waals surface area (Å²) in [5.41, 5.74) is 0.257. The first kappa shape index (κ1) is 30.6. The van der Waals surface area contributed by atoms with Gasteiger partial charge in [-0.25, -0.2) is 4.39 Å². The van der Waals surface area contributed by atoms with E-state index in [9.17, 15) is 22.4 Å². The Labute approximate surface area is 236 Å². The molecular formula is C34H44F4O2. The van der Waals surface area contributed by atoms with Gasteiger partial charge in [0.2, 0.25) is 0 Å². The van der Waals surface area contributed by atoms with Crippen LogP contribution in [0.15, 0.2) is 36.4 Å². The van der Waals surface area contributed by atoms with Crippen molar-refractivity contribution in [2.75, 3.05) is 6.61 Å². The summed E-state index contributed by atoms with van der Waals surface area (Å²) in [6, 6.07) is 10.7. The molecule has 0 N–H and O–H groups in total. The molecule has 0 atom stereocenters. The lowest BCUT2D eigenvalue weighted by Gasteiger charge is -2.38. The highest BCUT2D eigenvalue weighted by atomic mass is 19.4. The van der Waals surface area contributed by atoms with Gasteiger partial charge in [-0.3, -0.25) is 4.79 Å². The first-order valence-corrected chi connectivity index (χ1v) is 15.4. The van der Waals surface area contributed by atoms with Crippen LogP contribution in [0.3, 0.4) is 0 Å². The highest BCUT2D eigenvalue weighted by Gasteiger charge is 2.40. The Kier molecular flexibility index (Phi) is 10.7. The van der Waals surface area contributed by atoms with E-state index in [0.29, 0.717) is 18.8 Å². The van der Waals surface area contributed by atoms with Crippen LogP contribution in [0.1, 0.15) is 124 Å². The van der Waals surface area contributed by atoms with E-state index in [0.717, 1.165) is 35.4 Å². The Morgan fingerprint density at radius 1 is 0.875 bits per heavy atom. The molecule has 0 aromatic heterocycles. The second-order valence-electron chi connectivity index (χ2n) is 11.9. The predicted molar refractivity (Wildman–Crippen MR) is 151 cm³/mol. The smallest absolute Gasteiger partial charge is 0.420 e. The van der Waals surface area contributed by atoms with Gasteiger partial charge in [-0.1, -0.05) is 56.9 Å². The normalized spacial score (nSPS) is 23.6. The number of rotatable bonds is 11. The van der Waals surface area contributed by atoms with Crippen LogP contribution < -0.4 is 4.74 Å². The van der Waals surface area contributed by atoms with Crippen LogP contribution in [0.2, 0.25) is 0 Å². The summed E-state index contributed by atoms with van der Waals surface area (Å²) < 4.78 is 60.2. The molecule has 40 heavy (non-hydrogen) atoms. The molecule has 2 saturated carbocycles. The summed E-state index contributed by atoms with van der Waals surface area (Å²) in [6.45, 7) is 3.88. The topological polar surface area (TPSA) is 26.3 Å². The van der Waals surface area contributed by atoms with Gasteiger partial charge in [0, 0.05) is 12.0 Å². The molecule has 220 valence electrons. The van der Waals surface area contributed by atoms with Gasteiger partial charge in [-0.15, -0.1) is 0 Å². The Bertz CT molecular complexity index is 1090. The number of Topliss-reactive ketones (excluding diaryl/α,β-unsaturated/α-hetero) is 1. The molecule has 0 saturated heterocycles. The molecule has 0 aliphatic heterocycles. The standard InChI is InChI=1S/C34H44F4O2/c1-3-6-23-9-13-25(14-10-23)27-17-19-28(20-18-27)26-15-11-24(12-16-26)7-5-8-30(39)29-21-22-31(40-4-2)33(35)32(29)34(36,37)38/h11-12,15-16,21-23,25,27-28H,3-10,13-14,17-20H2,1-2H3. The van der Waals surface area contributed by atoms with Gasteiger partial charge in [0.05, 0.1) is 6.61 Å². The number of benzene rings is 2. The molecule has 4 rings (SSSR count). The second kappa shape index (κ2) is 14.0. The monoisotopic (exact) mass is 560 g/mol. The highest BCUT2D eigenvalue weighted by molar-refractivity contribution is 5.98. The van der Waals surface area contributed by atoms with Gasteiger partial charge in [0.15, 0.2) is 17.3 Å². The third-order valence-electron chi connectivity index (χ3n) is 9.34. The molecule has 2 aromatic carbocycles. The Morgan fingerprint density at radius 2 is 1.50 bits per heavy atom. The molecule has 6 heteroatoms. The van der Waals surface area contributed by atoms with Crippen LogP contribution in [0.5, 0.6) is 5.75 Å². The molecule has 0 spiro atoms. The van der Waals surface area contributed by atoms with Crippen molar-refractivity contribution in [2.45, 2.75) is 109 Å². The highest BCUT2D eigenvalue weighted by Crippen LogP contribution is 2.44. The fraction of sp³-hybridized carbons (Fsp3) is 0.618. The minimum atomic E-state index is -4.98. The van der Waals surface area contributed by atoms with E-state index >= 15 is 0 Å². The average Bonchev–Trinajstić information content (AvgIpc) is 2.94. The van der Waals surface area contributed by atoms with E-state index in [1.54, 1.807) is 6.92 Å². The molecule has 0 heterocycles. The lowest BCUT2D eigenvalue weighted by atomic mass is 9.68. The fourth-order valence-corrected chi connectivity index (χ4v) is 7.16. The Balaban J connectivity index is 1.26. The van der Waals surface area contributed by atoms with Crippen molar-refractivity contribution in [2.24, 2.45) is 17.8 Å². The van der Waals surface area contributed by atoms with E-state index in [1.165, 1.54) is 69.8 Å². The summed E-state index contributed by atoms with van der Waals surface area (Å²) in [4.78, 5) is 12.7. The van der Waals surface area contributed by atoms with Gasteiger partial charge in [0.1, 0.15) is 5.56 Å². The van der Waals surface area contributed by atoms with E-state index in [-0.39, 0.29) is 13.0 Å². The predicted octanol–water partition coefficient (Wildman–Crippen LogP) is 10.3. The number of hydrogen-bond acceptors (Lipinski definition) is 2. The van der Waals surface area contributed by atoms with E-state index in [2.05, 4.69) is 31.2 Å². The van der Waals surface area contributed by atoms with E-state index in [4.69, 9.17) is 4.74 Å². The quantitative estimate of drug-likeness (QED) is 0.202. The van der Waals surface area contributed by atoms with Crippen molar-refractivity contribution < 1.29 is 27.1 Å². The molecule has 0 amide bonds. The van der Waals surface area contributed by atoms with Crippen LogP contribution in [0.25, 0.3) is 0 Å². The number of ether oxygens (including phenoxy) is 1. The average molecular weight is 561 g/mol. The maximum atomic E-state index is 14.5. The molecule has 2 nitrogen and oxygen atoms in total. The number of hydrogen-bond donors (Lipinski definition) is 0. The molecule has 2 aliphatic carbocycles. The molecule has 2 fully saturated rings. The van der Waals surface area contributed by atoms with Crippen molar-refractivity contribution in [1.82, 2.24) is 0 Å². The first-order chi connectivity index (χ1) is 19.2. The second-order valence-corrected chi connectivity index (χ2v) is 11.9. The number of halogens is 4. The van der Waals surface area contributed by atoms with Crippen LogP contribution in [0, 0.1) is 23.6 Å². The molecule has 2 aliphatic rings. The van der Waals surface area contributed by atoms with Gasteiger partial charge >= 0.3 is 6.18 Å². The fourth-order valence-electron chi connectivity index (χ4n) is 7.16. The zero-order chi connectivity index (χ0) is 28.7. The maximum Gasteiger partial charge on any atom is 0.420 e. The molecule has 0 unspecified atom stereocenters. The maximum absolute atomic E-state index is 14.5.